The molecule has 0 atom stereocenters. The number of pyridine rings is 1. The second-order valence-electron chi connectivity index (χ2n) is 5.76. The number of nitrogens with zero attached hydrogens (tertiary/aromatic N) is 1. The van der Waals surface area contributed by atoms with E-state index in [-0.39, 0.29) is 25.5 Å². The molecule has 28 heavy (non-hydrogen) atoms. The maximum atomic E-state index is 11.9. The van der Waals surface area contributed by atoms with Crippen LogP contribution in [0.25, 0.3) is 6.08 Å². The zero-order chi connectivity index (χ0) is 20.4. The van der Waals surface area contributed by atoms with Gasteiger partial charge in [-0.05, 0) is 23.3 Å². The first kappa shape index (κ1) is 20.6. The fraction of sp³-hybridized carbons (Fsp3) is 0.200. The normalized spacial score (nSPS) is 10.5. The summed E-state index contributed by atoms with van der Waals surface area (Å²) in [6.07, 6.45) is 3.43. The molecule has 0 radical (unpaired) electrons. The Bertz CT molecular complexity index is 865. The summed E-state index contributed by atoms with van der Waals surface area (Å²) in [4.78, 5) is 38.4. The number of carbonyl (C=O) groups is 3. The topological polar surface area (TPSA) is 118 Å². The number of rotatable bonds is 8. The number of hydrogen-bond acceptors (Lipinski definition) is 5. The number of carboxylic acids is 1. The van der Waals surface area contributed by atoms with Crippen molar-refractivity contribution < 1.29 is 24.2 Å². The largest absolute Gasteiger partial charge is 0.478 e. The molecule has 0 aliphatic heterocycles. The van der Waals surface area contributed by atoms with Gasteiger partial charge in [0.2, 0.25) is 5.91 Å². The van der Waals surface area contributed by atoms with Crippen molar-refractivity contribution in [3.63, 3.8) is 0 Å². The Balaban J connectivity index is 2.04. The zero-order valence-corrected chi connectivity index (χ0v) is 15.3. The number of carboxylic acid groups (broad SMARTS) is 1. The number of anilines is 1. The van der Waals surface area contributed by atoms with Crippen LogP contribution in [0.5, 0.6) is 0 Å². The average Bonchev–Trinajstić information content (AvgIpc) is 2.70. The minimum absolute atomic E-state index is 0.0503. The van der Waals surface area contributed by atoms with Gasteiger partial charge in [0.15, 0.2) is 0 Å². The highest BCUT2D eigenvalue weighted by molar-refractivity contribution is 5.90. The van der Waals surface area contributed by atoms with Crippen LogP contribution in [0.4, 0.5) is 10.6 Å². The van der Waals surface area contributed by atoms with Gasteiger partial charge in [-0.25, -0.2) is 14.6 Å². The van der Waals surface area contributed by atoms with Gasteiger partial charge in [-0.1, -0.05) is 37.3 Å². The van der Waals surface area contributed by atoms with E-state index in [4.69, 9.17) is 9.84 Å². The Kier molecular flexibility index (Phi) is 7.71. The molecule has 2 rings (SSSR count). The van der Waals surface area contributed by atoms with E-state index in [1.54, 1.807) is 13.0 Å². The maximum Gasteiger partial charge on any atom is 0.407 e. The molecule has 0 saturated heterocycles. The van der Waals surface area contributed by atoms with Gasteiger partial charge in [-0.2, -0.15) is 0 Å². The van der Waals surface area contributed by atoms with E-state index in [0.717, 1.165) is 11.6 Å². The highest BCUT2D eigenvalue weighted by atomic mass is 16.5. The van der Waals surface area contributed by atoms with E-state index in [1.165, 1.54) is 12.3 Å². The first-order valence-corrected chi connectivity index (χ1v) is 8.62. The Labute approximate surface area is 162 Å². The number of ether oxygens (including phenoxy) is 1. The van der Waals surface area contributed by atoms with Gasteiger partial charge < -0.3 is 20.5 Å². The van der Waals surface area contributed by atoms with E-state index >= 15 is 0 Å². The monoisotopic (exact) mass is 383 g/mol. The molecule has 3 N–H and O–H groups in total. The van der Waals surface area contributed by atoms with Crippen LogP contribution in [-0.2, 0) is 27.5 Å². The number of aromatic nitrogens is 1. The summed E-state index contributed by atoms with van der Waals surface area (Å²) in [5.41, 5.74) is 1.90. The minimum Gasteiger partial charge on any atom is -0.478 e. The summed E-state index contributed by atoms with van der Waals surface area (Å²) in [6, 6.07) is 10.9. The highest BCUT2D eigenvalue weighted by Gasteiger charge is 2.10. The molecule has 0 bridgehead atoms. The number of nitrogens with one attached hydrogen (secondary N) is 2. The van der Waals surface area contributed by atoms with Gasteiger partial charge in [0.05, 0.1) is 0 Å². The summed E-state index contributed by atoms with van der Waals surface area (Å²) in [7, 11) is 0. The lowest BCUT2D eigenvalue weighted by atomic mass is 10.1. The fourth-order valence-corrected chi connectivity index (χ4v) is 2.20. The molecule has 8 heteroatoms. The molecule has 0 unspecified atom stereocenters. The van der Waals surface area contributed by atoms with Gasteiger partial charge in [0, 0.05) is 30.8 Å². The molecule has 1 aromatic heterocycles. The van der Waals surface area contributed by atoms with Crippen LogP contribution in [0.2, 0.25) is 0 Å². The summed E-state index contributed by atoms with van der Waals surface area (Å²) < 4.78 is 5.15. The summed E-state index contributed by atoms with van der Waals surface area (Å²) in [5.74, 6) is -1.02. The Morgan fingerprint density at radius 1 is 1.21 bits per heavy atom. The molecule has 0 fully saturated rings. The van der Waals surface area contributed by atoms with Crippen LogP contribution >= 0.6 is 0 Å². The van der Waals surface area contributed by atoms with Gasteiger partial charge in [0.1, 0.15) is 12.4 Å². The minimum atomic E-state index is -1.09. The van der Waals surface area contributed by atoms with Crippen molar-refractivity contribution in [2.75, 3.05) is 5.32 Å². The highest BCUT2D eigenvalue weighted by Crippen LogP contribution is 2.16. The predicted molar refractivity (Wildman–Crippen MR) is 103 cm³/mol. The molecule has 0 aliphatic carbocycles. The molecule has 146 valence electrons. The molecule has 1 heterocycles. The second-order valence-corrected chi connectivity index (χ2v) is 5.76. The number of hydrogen-bond donors (Lipinski definition) is 3. The van der Waals surface area contributed by atoms with Crippen molar-refractivity contribution in [2.45, 2.75) is 26.5 Å². The summed E-state index contributed by atoms with van der Waals surface area (Å²) >= 11 is 0. The lowest BCUT2D eigenvalue weighted by Crippen LogP contribution is -2.25. The SMILES string of the molecule is CCC(=O)Nc1ncc(/C=C/C(=O)O)cc1CNC(=O)OCc1ccccc1. The van der Waals surface area contributed by atoms with E-state index < -0.39 is 12.1 Å². The predicted octanol–water partition coefficient (Wildman–Crippen LogP) is 2.95. The molecule has 8 nitrogen and oxygen atoms in total. The van der Waals surface area contributed by atoms with Crippen molar-refractivity contribution in [2.24, 2.45) is 0 Å². The zero-order valence-electron chi connectivity index (χ0n) is 15.3. The molecule has 0 aliphatic rings. The van der Waals surface area contributed by atoms with Crippen molar-refractivity contribution in [1.82, 2.24) is 10.3 Å². The van der Waals surface area contributed by atoms with Crippen molar-refractivity contribution in [3.05, 3.63) is 65.4 Å². The number of carbonyl (C=O) groups excluding carboxylic acids is 2. The maximum absolute atomic E-state index is 11.9. The summed E-state index contributed by atoms with van der Waals surface area (Å²) in [5, 5.41) is 14.0. The van der Waals surface area contributed by atoms with E-state index in [1.807, 2.05) is 30.3 Å². The van der Waals surface area contributed by atoms with Crippen molar-refractivity contribution >= 4 is 29.9 Å². The Hall–Kier alpha value is -3.68. The van der Waals surface area contributed by atoms with Crippen LogP contribution in [0.1, 0.15) is 30.0 Å². The second kappa shape index (κ2) is 10.5. The lowest BCUT2D eigenvalue weighted by molar-refractivity contribution is -0.131. The number of benzene rings is 1. The van der Waals surface area contributed by atoms with Crippen LogP contribution < -0.4 is 10.6 Å². The molecule has 2 aromatic rings. The smallest absolute Gasteiger partial charge is 0.407 e. The summed E-state index contributed by atoms with van der Waals surface area (Å²) in [6.45, 7) is 1.89. The Morgan fingerprint density at radius 3 is 2.64 bits per heavy atom. The average molecular weight is 383 g/mol. The molecular weight excluding hydrogens is 362 g/mol. The molecule has 0 saturated carbocycles. The van der Waals surface area contributed by atoms with Gasteiger partial charge >= 0.3 is 12.1 Å². The van der Waals surface area contributed by atoms with E-state index in [0.29, 0.717) is 16.9 Å². The van der Waals surface area contributed by atoms with Crippen LogP contribution in [0.3, 0.4) is 0 Å². The van der Waals surface area contributed by atoms with Gasteiger partial charge in [-0.15, -0.1) is 0 Å². The van der Waals surface area contributed by atoms with Crippen molar-refractivity contribution in [1.29, 1.82) is 0 Å². The van der Waals surface area contributed by atoms with E-state index in [9.17, 15) is 14.4 Å². The van der Waals surface area contributed by atoms with Crippen LogP contribution in [-0.4, -0.2) is 28.1 Å². The quantitative estimate of drug-likeness (QED) is 0.603. The first-order chi connectivity index (χ1) is 13.5. The third kappa shape index (κ3) is 6.91. The van der Waals surface area contributed by atoms with E-state index in [2.05, 4.69) is 15.6 Å². The standard InChI is InChI=1S/C20H21N3O5/c1-2-17(24)23-19-16(10-15(11-21-19)8-9-18(25)26)12-22-20(27)28-13-14-6-4-3-5-7-14/h3-11H,2,12-13H2,1H3,(H,22,27)(H,25,26)(H,21,23,24)/b9-8+. The van der Waals surface area contributed by atoms with Gasteiger partial charge in [0.25, 0.3) is 0 Å². The number of amides is 2. The molecule has 1 aromatic carbocycles. The molecule has 2 amide bonds. The third-order valence-electron chi connectivity index (χ3n) is 3.62. The third-order valence-corrected chi connectivity index (χ3v) is 3.62. The van der Waals surface area contributed by atoms with Gasteiger partial charge in [-0.3, -0.25) is 4.79 Å². The first-order valence-electron chi connectivity index (χ1n) is 8.62. The molecule has 0 spiro atoms. The van der Waals surface area contributed by atoms with Crippen LogP contribution in [0.15, 0.2) is 48.7 Å². The Morgan fingerprint density at radius 2 is 1.96 bits per heavy atom. The van der Waals surface area contributed by atoms with Crippen LogP contribution in [0, 0.1) is 0 Å². The molecular formula is C20H21N3O5. The lowest BCUT2D eigenvalue weighted by Gasteiger charge is -2.12. The number of alkyl carbamates (subject to hydrolysis) is 1. The fourth-order valence-electron chi connectivity index (χ4n) is 2.20. The number of aliphatic carboxylic acids is 1. The van der Waals surface area contributed by atoms with Crippen molar-refractivity contribution in [3.8, 4) is 0 Å².